The van der Waals surface area contributed by atoms with Gasteiger partial charge in [0, 0.05) is 25.3 Å². The SMILES string of the molecule is Cc1ccc(CNC(=O)c2ccccc2NCC(=O)N2CCNC(=O)C2)cc1. The van der Waals surface area contributed by atoms with Crippen molar-refractivity contribution in [2.75, 3.05) is 31.5 Å². The van der Waals surface area contributed by atoms with Gasteiger partial charge >= 0.3 is 0 Å². The summed E-state index contributed by atoms with van der Waals surface area (Å²) >= 11 is 0. The quantitative estimate of drug-likeness (QED) is 0.705. The number of carbonyl (C=O) groups excluding carboxylic acids is 3. The van der Waals surface area contributed by atoms with Crippen LogP contribution in [-0.4, -0.2) is 48.8 Å². The zero-order valence-electron chi connectivity index (χ0n) is 15.8. The molecule has 7 nitrogen and oxygen atoms in total. The second kappa shape index (κ2) is 9.03. The number of nitrogens with one attached hydrogen (secondary N) is 3. The number of benzene rings is 2. The molecule has 3 rings (SSSR count). The van der Waals surface area contributed by atoms with Gasteiger partial charge in [-0.1, -0.05) is 42.0 Å². The monoisotopic (exact) mass is 380 g/mol. The van der Waals surface area contributed by atoms with Crippen LogP contribution in [0.3, 0.4) is 0 Å². The molecule has 0 saturated carbocycles. The Hall–Kier alpha value is -3.35. The second-order valence-electron chi connectivity index (χ2n) is 6.73. The second-order valence-corrected chi connectivity index (χ2v) is 6.73. The molecule has 28 heavy (non-hydrogen) atoms. The van der Waals surface area contributed by atoms with Gasteiger partial charge in [-0.15, -0.1) is 0 Å². The van der Waals surface area contributed by atoms with E-state index in [-0.39, 0.29) is 30.8 Å². The first-order chi connectivity index (χ1) is 13.5. The molecule has 2 aromatic carbocycles. The van der Waals surface area contributed by atoms with Gasteiger partial charge < -0.3 is 20.9 Å². The van der Waals surface area contributed by atoms with E-state index >= 15 is 0 Å². The van der Waals surface area contributed by atoms with Gasteiger partial charge in [0.05, 0.1) is 18.7 Å². The van der Waals surface area contributed by atoms with E-state index in [1.54, 1.807) is 24.3 Å². The Morgan fingerprint density at radius 1 is 1.11 bits per heavy atom. The van der Waals surface area contributed by atoms with Crippen LogP contribution in [-0.2, 0) is 16.1 Å². The molecule has 7 heteroatoms. The minimum atomic E-state index is -0.214. The van der Waals surface area contributed by atoms with E-state index in [0.29, 0.717) is 30.9 Å². The first-order valence-corrected chi connectivity index (χ1v) is 9.24. The van der Waals surface area contributed by atoms with Gasteiger partial charge in [-0.3, -0.25) is 14.4 Å². The van der Waals surface area contributed by atoms with Crippen LogP contribution < -0.4 is 16.0 Å². The van der Waals surface area contributed by atoms with Gasteiger partial charge in [0.15, 0.2) is 0 Å². The third-order valence-corrected chi connectivity index (χ3v) is 4.57. The number of nitrogens with zero attached hydrogens (tertiary/aromatic N) is 1. The van der Waals surface area contributed by atoms with Gasteiger partial charge in [-0.2, -0.15) is 0 Å². The summed E-state index contributed by atoms with van der Waals surface area (Å²) < 4.78 is 0. The highest BCUT2D eigenvalue weighted by Crippen LogP contribution is 2.15. The fraction of sp³-hybridized carbons (Fsp3) is 0.286. The number of rotatable bonds is 6. The molecule has 3 amide bonds. The van der Waals surface area contributed by atoms with E-state index in [1.807, 2.05) is 31.2 Å². The Bertz CT molecular complexity index is 864. The maximum absolute atomic E-state index is 12.6. The van der Waals surface area contributed by atoms with Gasteiger partial charge in [0.25, 0.3) is 5.91 Å². The number of anilines is 1. The molecule has 0 radical (unpaired) electrons. The van der Waals surface area contributed by atoms with Crippen LogP contribution in [0.25, 0.3) is 0 Å². The van der Waals surface area contributed by atoms with E-state index in [9.17, 15) is 14.4 Å². The summed E-state index contributed by atoms with van der Waals surface area (Å²) in [5, 5.41) is 8.62. The lowest BCUT2D eigenvalue weighted by atomic mass is 10.1. The normalized spacial score (nSPS) is 13.6. The van der Waals surface area contributed by atoms with E-state index in [4.69, 9.17) is 0 Å². The van der Waals surface area contributed by atoms with Crippen LogP contribution >= 0.6 is 0 Å². The van der Waals surface area contributed by atoms with Crippen LogP contribution in [0.5, 0.6) is 0 Å². The van der Waals surface area contributed by atoms with E-state index in [0.717, 1.165) is 5.56 Å². The van der Waals surface area contributed by atoms with Crippen LogP contribution in [0.4, 0.5) is 5.69 Å². The number of carbonyl (C=O) groups is 3. The van der Waals surface area contributed by atoms with Gasteiger partial charge in [0.1, 0.15) is 0 Å². The summed E-state index contributed by atoms with van der Waals surface area (Å²) in [7, 11) is 0. The number of aryl methyl sites for hydroxylation is 1. The van der Waals surface area contributed by atoms with Crippen LogP contribution in [0.2, 0.25) is 0 Å². The summed E-state index contributed by atoms with van der Waals surface area (Å²) in [5.41, 5.74) is 3.24. The molecule has 0 bridgehead atoms. The molecule has 146 valence electrons. The third-order valence-electron chi connectivity index (χ3n) is 4.57. The predicted octanol–water partition coefficient (Wildman–Crippen LogP) is 1.30. The highest BCUT2D eigenvalue weighted by Gasteiger charge is 2.21. The van der Waals surface area contributed by atoms with Crippen molar-refractivity contribution in [2.24, 2.45) is 0 Å². The van der Waals surface area contributed by atoms with Gasteiger partial charge in [-0.05, 0) is 24.6 Å². The maximum Gasteiger partial charge on any atom is 0.253 e. The average Bonchev–Trinajstić information content (AvgIpc) is 2.71. The summed E-state index contributed by atoms with van der Waals surface area (Å²) in [6.45, 7) is 3.49. The highest BCUT2D eigenvalue weighted by molar-refractivity contribution is 6.00. The first-order valence-electron chi connectivity index (χ1n) is 9.24. The Morgan fingerprint density at radius 2 is 1.86 bits per heavy atom. The Labute approximate surface area is 164 Å². The lowest BCUT2D eigenvalue weighted by Gasteiger charge is -2.27. The van der Waals surface area contributed by atoms with Crippen molar-refractivity contribution in [3.8, 4) is 0 Å². The number of piperazine rings is 1. The van der Waals surface area contributed by atoms with Crippen molar-refractivity contribution >= 4 is 23.4 Å². The summed E-state index contributed by atoms with van der Waals surface area (Å²) in [6.07, 6.45) is 0. The van der Waals surface area contributed by atoms with Crippen molar-refractivity contribution in [3.63, 3.8) is 0 Å². The van der Waals surface area contributed by atoms with Crippen LogP contribution in [0.15, 0.2) is 48.5 Å². The van der Waals surface area contributed by atoms with Crippen LogP contribution in [0, 0.1) is 6.92 Å². The fourth-order valence-corrected chi connectivity index (χ4v) is 2.95. The number of hydrogen-bond donors (Lipinski definition) is 3. The first kappa shape index (κ1) is 19.4. The molecular formula is C21H24N4O3. The van der Waals surface area contributed by atoms with Crippen molar-refractivity contribution in [1.82, 2.24) is 15.5 Å². The minimum absolute atomic E-state index is 0.0233. The molecule has 0 aliphatic carbocycles. The standard InChI is InChI=1S/C21H24N4O3/c1-15-6-8-16(9-7-15)12-24-21(28)17-4-2-3-5-18(17)23-13-20(27)25-11-10-22-19(26)14-25/h2-9,23H,10-14H2,1H3,(H,22,26)(H,24,28). The Kier molecular flexibility index (Phi) is 6.26. The molecule has 0 unspecified atom stereocenters. The zero-order chi connectivity index (χ0) is 19.9. The number of amides is 3. The van der Waals surface area contributed by atoms with Crippen molar-refractivity contribution < 1.29 is 14.4 Å². The molecule has 1 aliphatic rings. The largest absolute Gasteiger partial charge is 0.376 e. The molecule has 0 aromatic heterocycles. The van der Waals surface area contributed by atoms with Crippen molar-refractivity contribution in [3.05, 3.63) is 65.2 Å². The van der Waals surface area contributed by atoms with Crippen molar-refractivity contribution in [1.29, 1.82) is 0 Å². The molecule has 2 aromatic rings. The molecule has 0 atom stereocenters. The molecule has 1 fully saturated rings. The molecule has 1 heterocycles. The smallest absolute Gasteiger partial charge is 0.253 e. The van der Waals surface area contributed by atoms with E-state index in [1.165, 1.54) is 10.5 Å². The van der Waals surface area contributed by atoms with Crippen molar-refractivity contribution in [2.45, 2.75) is 13.5 Å². The molecule has 1 aliphatic heterocycles. The number of hydrogen-bond acceptors (Lipinski definition) is 4. The average molecular weight is 380 g/mol. The molecular weight excluding hydrogens is 356 g/mol. The zero-order valence-corrected chi connectivity index (χ0v) is 15.8. The lowest BCUT2D eigenvalue weighted by molar-refractivity contribution is -0.136. The topological polar surface area (TPSA) is 90.5 Å². The Morgan fingerprint density at radius 3 is 2.61 bits per heavy atom. The summed E-state index contributed by atoms with van der Waals surface area (Å²) in [4.78, 5) is 37.8. The molecule has 0 spiro atoms. The minimum Gasteiger partial charge on any atom is -0.376 e. The Balaban J connectivity index is 1.58. The van der Waals surface area contributed by atoms with Gasteiger partial charge in [0.2, 0.25) is 11.8 Å². The third kappa shape index (κ3) is 5.09. The summed E-state index contributed by atoms with van der Waals surface area (Å²) in [6, 6.07) is 15.0. The fourth-order valence-electron chi connectivity index (χ4n) is 2.95. The molecule has 3 N–H and O–H groups in total. The van der Waals surface area contributed by atoms with Crippen LogP contribution in [0.1, 0.15) is 21.5 Å². The van der Waals surface area contributed by atoms with Gasteiger partial charge in [-0.25, -0.2) is 0 Å². The van der Waals surface area contributed by atoms with E-state index in [2.05, 4.69) is 16.0 Å². The summed E-state index contributed by atoms with van der Waals surface area (Å²) in [5.74, 6) is -0.548. The number of para-hydroxylation sites is 1. The lowest BCUT2D eigenvalue weighted by Crippen LogP contribution is -2.51. The predicted molar refractivity (Wildman–Crippen MR) is 107 cm³/mol. The van der Waals surface area contributed by atoms with E-state index < -0.39 is 0 Å². The maximum atomic E-state index is 12.6. The molecule has 1 saturated heterocycles. The highest BCUT2D eigenvalue weighted by atomic mass is 16.2.